The molecule has 2 unspecified atom stereocenters. The lowest BCUT2D eigenvalue weighted by atomic mass is 10.1. The maximum absolute atomic E-state index is 10.8. The molecule has 0 aliphatic carbocycles. The molecule has 0 aliphatic rings. The van der Waals surface area contributed by atoms with E-state index in [1.165, 1.54) is 11.3 Å². The van der Waals surface area contributed by atoms with Gasteiger partial charge in [-0.1, -0.05) is 30.3 Å². The van der Waals surface area contributed by atoms with Gasteiger partial charge in [0.25, 0.3) is 0 Å². The van der Waals surface area contributed by atoms with Gasteiger partial charge in [-0.05, 0) is 22.6 Å². The van der Waals surface area contributed by atoms with Crippen LogP contribution < -0.4 is 5.73 Å². The predicted octanol–water partition coefficient (Wildman–Crippen LogP) is 1.29. The van der Waals surface area contributed by atoms with Crippen molar-refractivity contribution < 1.29 is 15.0 Å². The van der Waals surface area contributed by atoms with E-state index in [0.29, 0.717) is 4.88 Å². The molecule has 0 fully saturated rings. The van der Waals surface area contributed by atoms with Gasteiger partial charge in [0.15, 0.2) is 6.10 Å². The average Bonchev–Trinajstić information content (AvgIpc) is 2.87. The minimum Gasteiger partial charge on any atom is -0.384 e. The van der Waals surface area contributed by atoms with Gasteiger partial charge < -0.3 is 15.9 Å². The van der Waals surface area contributed by atoms with Gasteiger partial charge in [-0.25, -0.2) is 0 Å². The molecule has 1 aromatic heterocycles. The van der Waals surface area contributed by atoms with Crippen molar-refractivity contribution in [2.24, 2.45) is 5.73 Å². The van der Waals surface area contributed by atoms with Crippen LogP contribution in [-0.2, 0) is 4.79 Å². The van der Waals surface area contributed by atoms with Crippen LogP contribution in [0.25, 0.3) is 11.1 Å². The minimum absolute atomic E-state index is 0.514. The zero-order valence-electron chi connectivity index (χ0n) is 9.48. The number of primary amides is 1. The minimum atomic E-state index is -1.58. The number of hydrogen-bond acceptors (Lipinski definition) is 4. The number of benzene rings is 1. The highest BCUT2D eigenvalue weighted by Crippen LogP contribution is 2.30. The molecule has 1 amide bonds. The van der Waals surface area contributed by atoms with Crippen molar-refractivity contribution in [3.05, 3.63) is 46.7 Å². The monoisotopic (exact) mass is 263 g/mol. The third kappa shape index (κ3) is 2.59. The molecule has 18 heavy (non-hydrogen) atoms. The Balaban J connectivity index is 2.23. The van der Waals surface area contributed by atoms with Crippen LogP contribution in [0.3, 0.4) is 0 Å². The van der Waals surface area contributed by atoms with Crippen LogP contribution in [0.15, 0.2) is 41.8 Å². The quantitative estimate of drug-likeness (QED) is 0.777. The zero-order chi connectivity index (χ0) is 13.1. The molecule has 2 rings (SSSR count). The Morgan fingerprint density at radius 3 is 2.44 bits per heavy atom. The molecule has 5 heteroatoms. The maximum atomic E-state index is 10.8. The summed E-state index contributed by atoms with van der Waals surface area (Å²) in [6, 6.07) is 11.4. The lowest BCUT2D eigenvalue weighted by Crippen LogP contribution is -2.33. The Morgan fingerprint density at radius 1 is 1.17 bits per heavy atom. The van der Waals surface area contributed by atoms with Crippen molar-refractivity contribution in [3.63, 3.8) is 0 Å². The second-order valence-corrected chi connectivity index (χ2v) is 4.84. The van der Waals surface area contributed by atoms with Crippen LogP contribution in [0.1, 0.15) is 11.0 Å². The molecule has 0 radical (unpaired) electrons. The van der Waals surface area contributed by atoms with Crippen molar-refractivity contribution in [2.75, 3.05) is 0 Å². The van der Waals surface area contributed by atoms with E-state index in [9.17, 15) is 15.0 Å². The first-order valence-corrected chi connectivity index (χ1v) is 6.27. The fourth-order valence-electron chi connectivity index (χ4n) is 1.60. The second kappa shape index (κ2) is 5.30. The first kappa shape index (κ1) is 12.8. The number of thiophene rings is 1. The molecule has 2 atom stereocenters. The fraction of sp³-hybridized carbons (Fsp3) is 0.154. The van der Waals surface area contributed by atoms with Gasteiger partial charge in [-0.15, -0.1) is 11.3 Å². The molecular weight excluding hydrogens is 250 g/mol. The first-order valence-electron chi connectivity index (χ1n) is 5.39. The molecular formula is C13H13NO3S. The summed E-state index contributed by atoms with van der Waals surface area (Å²) in [6.07, 6.45) is -2.85. The third-order valence-electron chi connectivity index (χ3n) is 2.61. The number of amides is 1. The molecule has 94 valence electrons. The van der Waals surface area contributed by atoms with E-state index in [2.05, 4.69) is 0 Å². The van der Waals surface area contributed by atoms with Crippen molar-refractivity contribution in [3.8, 4) is 11.1 Å². The van der Waals surface area contributed by atoms with E-state index in [4.69, 9.17) is 5.73 Å². The summed E-state index contributed by atoms with van der Waals surface area (Å²) in [5, 5.41) is 21.1. The molecule has 4 N–H and O–H groups in total. The summed E-state index contributed by atoms with van der Waals surface area (Å²) in [6.45, 7) is 0. The Bertz CT molecular complexity index is 538. The molecule has 0 spiro atoms. The number of aliphatic hydroxyl groups is 2. The van der Waals surface area contributed by atoms with Crippen molar-refractivity contribution >= 4 is 17.2 Å². The highest BCUT2D eigenvalue weighted by molar-refractivity contribution is 7.10. The highest BCUT2D eigenvalue weighted by atomic mass is 32.1. The lowest BCUT2D eigenvalue weighted by Gasteiger charge is -2.12. The van der Waals surface area contributed by atoms with Gasteiger partial charge in [-0.2, -0.15) is 0 Å². The van der Waals surface area contributed by atoms with Gasteiger partial charge in [0.1, 0.15) is 6.10 Å². The standard InChI is InChI=1S/C13H13NO3S/c14-13(17)12(16)11(15)10-6-9(7-18-10)8-4-2-1-3-5-8/h1-7,11-12,15-16H,(H2,14,17). The Morgan fingerprint density at radius 2 is 1.83 bits per heavy atom. The Kier molecular flexibility index (Phi) is 3.76. The van der Waals surface area contributed by atoms with Crippen molar-refractivity contribution in [1.82, 2.24) is 0 Å². The van der Waals surface area contributed by atoms with Crippen LogP contribution in [0.4, 0.5) is 0 Å². The Labute approximate surface area is 108 Å². The molecule has 0 aliphatic heterocycles. The molecule has 0 bridgehead atoms. The maximum Gasteiger partial charge on any atom is 0.249 e. The largest absolute Gasteiger partial charge is 0.384 e. The van der Waals surface area contributed by atoms with Crippen LogP contribution in [0.2, 0.25) is 0 Å². The summed E-state index contributed by atoms with van der Waals surface area (Å²) >= 11 is 1.28. The van der Waals surface area contributed by atoms with Crippen LogP contribution >= 0.6 is 11.3 Å². The van der Waals surface area contributed by atoms with Crippen LogP contribution in [0.5, 0.6) is 0 Å². The summed E-state index contributed by atoms with van der Waals surface area (Å²) in [5.41, 5.74) is 6.90. The molecule has 0 saturated heterocycles. The molecule has 1 aromatic carbocycles. The van der Waals surface area contributed by atoms with E-state index in [-0.39, 0.29) is 0 Å². The van der Waals surface area contributed by atoms with Crippen molar-refractivity contribution in [2.45, 2.75) is 12.2 Å². The first-order chi connectivity index (χ1) is 8.59. The van der Waals surface area contributed by atoms with Crippen LogP contribution in [-0.4, -0.2) is 22.2 Å². The number of carbonyl (C=O) groups excluding carboxylic acids is 1. The molecule has 1 heterocycles. The number of carbonyl (C=O) groups is 1. The summed E-state index contributed by atoms with van der Waals surface area (Å²) in [7, 11) is 0. The van der Waals surface area contributed by atoms with Gasteiger partial charge >= 0.3 is 0 Å². The third-order valence-corrected chi connectivity index (χ3v) is 3.61. The van der Waals surface area contributed by atoms with E-state index in [1.54, 1.807) is 6.07 Å². The lowest BCUT2D eigenvalue weighted by molar-refractivity contribution is -0.131. The van der Waals surface area contributed by atoms with Gasteiger partial charge in [0, 0.05) is 4.88 Å². The number of hydrogen-bond donors (Lipinski definition) is 3. The summed E-state index contributed by atoms with van der Waals surface area (Å²) in [4.78, 5) is 11.3. The van der Waals surface area contributed by atoms with E-state index in [0.717, 1.165) is 11.1 Å². The van der Waals surface area contributed by atoms with E-state index < -0.39 is 18.1 Å². The summed E-state index contributed by atoms with van der Waals surface area (Å²) in [5.74, 6) is -0.933. The normalized spacial score (nSPS) is 14.1. The van der Waals surface area contributed by atoms with Crippen LogP contribution in [0, 0.1) is 0 Å². The topological polar surface area (TPSA) is 83.6 Å². The highest BCUT2D eigenvalue weighted by Gasteiger charge is 2.24. The molecule has 2 aromatic rings. The smallest absolute Gasteiger partial charge is 0.249 e. The SMILES string of the molecule is NC(=O)C(O)C(O)c1cc(-c2ccccc2)cs1. The molecule has 4 nitrogen and oxygen atoms in total. The zero-order valence-corrected chi connectivity index (χ0v) is 10.3. The Hall–Kier alpha value is -1.69. The van der Waals surface area contributed by atoms with Gasteiger partial charge in [-0.3, -0.25) is 4.79 Å². The van der Waals surface area contributed by atoms with E-state index >= 15 is 0 Å². The van der Waals surface area contributed by atoms with Gasteiger partial charge in [0.05, 0.1) is 0 Å². The average molecular weight is 263 g/mol. The fourth-order valence-corrected chi connectivity index (χ4v) is 2.53. The van der Waals surface area contributed by atoms with Crippen molar-refractivity contribution in [1.29, 1.82) is 0 Å². The predicted molar refractivity (Wildman–Crippen MR) is 69.9 cm³/mol. The number of aliphatic hydroxyl groups excluding tert-OH is 2. The molecule has 0 saturated carbocycles. The summed E-state index contributed by atoms with van der Waals surface area (Å²) < 4.78 is 0. The van der Waals surface area contributed by atoms with Gasteiger partial charge in [0.2, 0.25) is 5.91 Å². The second-order valence-electron chi connectivity index (χ2n) is 3.90. The van der Waals surface area contributed by atoms with E-state index in [1.807, 2.05) is 35.7 Å². The number of rotatable bonds is 4. The number of nitrogens with two attached hydrogens (primary N) is 1.